The molecule has 0 spiro atoms. The molecular weight excluding hydrogens is 204 g/mol. The smallest absolute Gasteiger partial charge is 0.0740 e. The van der Waals surface area contributed by atoms with Gasteiger partial charge in [0.15, 0.2) is 0 Å². The predicted octanol–water partition coefficient (Wildman–Crippen LogP) is 2.81. The maximum Gasteiger partial charge on any atom is 0.0740 e. The Morgan fingerprint density at radius 1 is 1.27 bits per heavy atom. The first-order chi connectivity index (χ1) is 7.06. The van der Waals surface area contributed by atoms with E-state index in [-0.39, 0.29) is 0 Å². The summed E-state index contributed by atoms with van der Waals surface area (Å²) in [6.45, 7) is 10.1. The number of rotatable bonds is 9. The molecule has 0 atom stereocenters. The van der Waals surface area contributed by atoms with Crippen molar-refractivity contribution in [1.29, 1.82) is 0 Å². The SMILES string of the molecule is CCCCCN(CCC(N)=S)CC(C)C. The van der Waals surface area contributed by atoms with Gasteiger partial charge >= 0.3 is 0 Å². The third-order valence-corrected chi connectivity index (χ3v) is 2.58. The van der Waals surface area contributed by atoms with Crippen LogP contribution in [0.3, 0.4) is 0 Å². The average molecular weight is 230 g/mol. The number of nitrogens with two attached hydrogens (primary N) is 1. The van der Waals surface area contributed by atoms with Gasteiger partial charge in [0.1, 0.15) is 0 Å². The highest BCUT2D eigenvalue weighted by Gasteiger charge is 2.07. The summed E-state index contributed by atoms with van der Waals surface area (Å²) in [6.07, 6.45) is 4.75. The Balaban J connectivity index is 3.78. The molecular formula is C12H26N2S. The monoisotopic (exact) mass is 230 g/mol. The Bertz CT molecular complexity index is 169. The second-order valence-electron chi connectivity index (χ2n) is 4.62. The highest BCUT2D eigenvalue weighted by atomic mass is 32.1. The first-order valence-electron chi connectivity index (χ1n) is 6.07. The molecule has 90 valence electrons. The topological polar surface area (TPSA) is 29.3 Å². The molecule has 0 unspecified atom stereocenters. The number of thiocarbonyl (C=S) groups is 1. The molecule has 2 N–H and O–H groups in total. The Hall–Kier alpha value is -0.150. The van der Waals surface area contributed by atoms with E-state index < -0.39 is 0 Å². The molecule has 0 radical (unpaired) electrons. The fraction of sp³-hybridized carbons (Fsp3) is 0.917. The van der Waals surface area contributed by atoms with Crippen molar-refractivity contribution in [2.24, 2.45) is 11.7 Å². The Morgan fingerprint density at radius 2 is 1.93 bits per heavy atom. The zero-order valence-corrected chi connectivity index (χ0v) is 11.3. The molecule has 0 fully saturated rings. The molecule has 15 heavy (non-hydrogen) atoms. The molecule has 0 aromatic heterocycles. The second-order valence-corrected chi connectivity index (χ2v) is 5.14. The van der Waals surface area contributed by atoms with Crippen LogP contribution in [0.1, 0.15) is 46.5 Å². The van der Waals surface area contributed by atoms with E-state index in [1.54, 1.807) is 0 Å². The minimum atomic E-state index is 0.638. The van der Waals surface area contributed by atoms with Crippen molar-refractivity contribution in [3.63, 3.8) is 0 Å². The van der Waals surface area contributed by atoms with Crippen molar-refractivity contribution >= 4 is 17.2 Å². The summed E-state index contributed by atoms with van der Waals surface area (Å²) in [5.41, 5.74) is 5.53. The molecule has 0 aliphatic rings. The Labute approximate surface area is 100 Å². The zero-order chi connectivity index (χ0) is 11.7. The van der Waals surface area contributed by atoms with E-state index in [9.17, 15) is 0 Å². The van der Waals surface area contributed by atoms with Gasteiger partial charge in [0, 0.05) is 19.5 Å². The van der Waals surface area contributed by atoms with Crippen LogP contribution < -0.4 is 5.73 Å². The molecule has 0 bridgehead atoms. The standard InChI is InChI=1S/C12H26N2S/c1-4-5-6-8-14(10-11(2)3)9-7-12(13)15/h11H,4-10H2,1-3H3,(H2,13,15). The Morgan fingerprint density at radius 3 is 2.40 bits per heavy atom. The first kappa shape index (κ1) is 14.8. The average Bonchev–Trinajstić information content (AvgIpc) is 2.13. The van der Waals surface area contributed by atoms with Crippen LogP contribution in [0, 0.1) is 5.92 Å². The van der Waals surface area contributed by atoms with Crippen LogP contribution in [0.2, 0.25) is 0 Å². The first-order valence-corrected chi connectivity index (χ1v) is 6.47. The van der Waals surface area contributed by atoms with E-state index in [0.29, 0.717) is 4.99 Å². The number of hydrogen-bond acceptors (Lipinski definition) is 2. The fourth-order valence-corrected chi connectivity index (χ4v) is 1.76. The van der Waals surface area contributed by atoms with Gasteiger partial charge < -0.3 is 10.6 Å². The lowest BCUT2D eigenvalue weighted by Gasteiger charge is -2.23. The van der Waals surface area contributed by atoms with Crippen molar-refractivity contribution in [3.8, 4) is 0 Å². The van der Waals surface area contributed by atoms with Crippen LogP contribution in [0.15, 0.2) is 0 Å². The van der Waals surface area contributed by atoms with Gasteiger partial charge in [-0.15, -0.1) is 0 Å². The van der Waals surface area contributed by atoms with Gasteiger partial charge in [0.05, 0.1) is 4.99 Å². The molecule has 0 aliphatic carbocycles. The summed E-state index contributed by atoms with van der Waals surface area (Å²) < 4.78 is 0. The minimum absolute atomic E-state index is 0.638. The molecule has 0 amide bonds. The molecule has 0 heterocycles. The van der Waals surface area contributed by atoms with Crippen molar-refractivity contribution in [2.45, 2.75) is 46.5 Å². The maximum absolute atomic E-state index is 5.53. The number of unbranched alkanes of at least 4 members (excludes halogenated alkanes) is 2. The van der Waals surface area contributed by atoms with E-state index in [1.165, 1.54) is 25.8 Å². The van der Waals surface area contributed by atoms with Crippen molar-refractivity contribution in [1.82, 2.24) is 4.90 Å². The molecule has 0 rings (SSSR count). The lowest BCUT2D eigenvalue weighted by atomic mass is 10.2. The van der Waals surface area contributed by atoms with E-state index in [1.807, 2.05) is 0 Å². The van der Waals surface area contributed by atoms with E-state index >= 15 is 0 Å². The maximum atomic E-state index is 5.53. The third-order valence-electron chi connectivity index (χ3n) is 2.38. The molecule has 0 aliphatic heterocycles. The minimum Gasteiger partial charge on any atom is -0.393 e. The number of nitrogens with zero attached hydrogens (tertiary/aromatic N) is 1. The third kappa shape index (κ3) is 10.1. The van der Waals surface area contributed by atoms with Gasteiger partial charge in [-0.1, -0.05) is 45.8 Å². The van der Waals surface area contributed by atoms with Gasteiger partial charge in [-0.05, 0) is 18.9 Å². The predicted molar refractivity (Wildman–Crippen MR) is 72.2 cm³/mol. The summed E-state index contributed by atoms with van der Waals surface area (Å²) >= 11 is 4.91. The van der Waals surface area contributed by atoms with Crippen LogP contribution in [0.25, 0.3) is 0 Å². The van der Waals surface area contributed by atoms with Crippen molar-refractivity contribution in [3.05, 3.63) is 0 Å². The second kappa shape index (κ2) is 9.10. The van der Waals surface area contributed by atoms with E-state index in [2.05, 4.69) is 25.7 Å². The lowest BCUT2D eigenvalue weighted by molar-refractivity contribution is 0.246. The van der Waals surface area contributed by atoms with E-state index in [4.69, 9.17) is 18.0 Å². The summed E-state index contributed by atoms with van der Waals surface area (Å²) in [7, 11) is 0. The van der Waals surface area contributed by atoms with E-state index in [0.717, 1.165) is 25.4 Å². The Kier molecular flexibility index (Phi) is 9.01. The zero-order valence-electron chi connectivity index (χ0n) is 10.5. The van der Waals surface area contributed by atoms with Gasteiger partial charge in [-0.25, -0.2) is 0 Å². The molecule has 0 aromatic carbocycles. The van der Waals surface area contributed by atoms with Crippen LogP contribution in [-0.2, 0) is 0 Å². The largest absolute Gasteiger partial charge is 0.393 e. The van der Waals surface area contributed by atoms with Crippen LogP contribution in [0.4, 0.5) is 0 Å². The highest BCUT2D eigenvalue weighted by molar-refractivity contribution is 7.80. The number of hydrogen-bond donors (Lipinski definition) is 1. The van der Waals surface area contributed by atoms with Crippen molar-refractivity contribution in [2.75, 3.05) is 19.6 Å². The molecule has 0 aromatic rings. The quantitative estimate of drug-likeness (QED) is 0.488. The molecule has 3 heteroatoms. The molecule has 0 saturated carbocycles. The van der Waals surface area contributed by atoms with Gasteiger partial charge in [0.2, 0.25) is 0 Å². The van der Waals surface area contributed by atoms with Gasteiger partial charge in [0.25, 0.3) is 0 Å². The summed E-state index contributed by atoms with van der Waals surface area (Å²) in [5.74, 6) is 0.720. The molecule has 0 saturated heterocycles. The summed E-state index contributed by atoms with van der Waals surface area (Å²) in [6, 6.07) is 0. The fourth-order valence-electron chi connectivity index (χ4n) is 1.66. The lowest BCUT2D eigenvalue weighted by Crippen LogP contribution is -2.31. The van der Waals surface area contributed by atoms with Crippen LogP contribution >= 0.6 is 12.2 Å². The normalized spacial score (nSPS) is 11.3. The van der Waals surface area contributed by atoms with Crippen LogP contribution in [0.5, 0.6) is 0 Å². The summed E-state index contributed by atoms with van der Waals surface area (Å²) in [5, 5.41) is 0. The van der Waals surface area contributed by atoms with Gasteiger partial charge in [-0.3, -0.25) is 0 Å². The van der Waals surface area contributed by atoms with Crippen molar-refractivity contribution < 1.29 is 0 Å². The van der Waals surface area contributed by atoms with Crippen LogP contribution in [-0.4, -0.2) is 29.5 Å². The highest BCUT2D eigenvalue weighted by Crippen LogP contribution is 2.04. The molecule has 2 nitrogen and oxygen atoms in total. The summed E-state index contributed by atoms with van der Waals surface area (Å²) in [4.78, 5) is 3.12. The van der Waals surface area contributed by atoms with Gasteiger partial charge in [-0.2, -0.15) is 0 Å².